The third kappa shape index (κ3) is 5.11. The molecule has 152 valence electrons. The van der Waals surface area contributed by atoms with Crippen LogP contribution < -0.4 is 16.2 Å². The quantitative estimate of drug-likeness (QED) is 0.668. The van der Waals surface area contributed by atoms with Crippen LogP contribution in [0.1, 0.15) is 35.0 Å². The third-order valence-electron chi connectivity index (χ3n) is 4.57. The molecule has 0 spiro atoms. The minimum absolute atomic E-state index is 0.0613. The van der Waals surface area contributed by atoms with Crippen LogP contribution in [0.15, 0.2) is 41.5 Å². The first-order chi connectivity index (χ1) is 13.8. The Morgan fingerprint density at radius 2 is 2.10 bits per heavy atom. The van der Waals surface area contributed by atoms with E-state index >= 15 is 0 Å². The molecular formula is C20H21FN4O3S. The Hall–Kier alpha value is -2.94. The molecule has 29 heavy (non-hydrogen) atoms. The lowest BCUT2D eigenvalue weighted by Gasteiger charge is -2.30. The van der Waals surface area contributed by atoms with Crippen molar-refractivity contribution >= 4 is 28.6 Å². The van der Waals surface area contributed by atoms with E-state index in [1.165, 1.54) is 36.2 Å². The van der Waals surface area contributed by atoms with Gasteiger partial charge in [-0.1, -0.05) is 17.8 Å². The largest absolute Gasteiger partial charge is 0.482 e. The smallest absolute Gasteiger partial charge is 0.255 e. The Kier molecular flexibility index (Phi) is 6.17. The summed E-state index contributed by atoms with van der Waals surface area (Å²) in [4.78, 5) is 31.8. The molecule has 9 heteroatoms. The first kappa shape index (κ1) is 20.8. The minimum Gasteiger partial charge on any atom is -0.482 e. The zero-order valence-corrected chi connectivity index (χ0v) is 16.7. The summed E-state index contributed by atoms with van der Waals surface area (Å²) in [5.74, 6) is -0.114. The molecule has 1 atom stereocenters. The number of rotatable bonds is 7. The summed E-state index contributed by atoms with van der Waals surface area (Å²) in [7, 11) is 0. The molecule has 2 heterocycles. The number of amides is 1. The first-order valence-corrected chi connectivity index (χ1v) is 9.93. The fourth-order valence-electron chi connectivity index (χ4n) is 3.04. The Balaban J connectivity index is 1.76. The number of thioether (sulfide) groups is 1. The Morgan fingerprint density at radius 3 is 2.76 bits per heavy atom. The van der Waals surface area contributed by atoms with E-state index < -0.39 is 11.4 Å². The number of nitrogens with zero attached hydrogens (tertiary/aromatic N) is 2. The van der Waals surface area contributed by atoms with Crippen molar-refractivity contribution in [3.8, 4) is 5.75 Å². The van der Waals surface area contributed by atoms with Crippen LogP contribution in [0.25, 0.3) is 0 Å². The fourth-order valence-corrected chi connectivity index (χ4v) is 4.01. The maximum absolute atomic E-state index is 14.5. The fraction of sp³-hybridized carbons (Fsp3) is 0.300. The molecule has 4 N–H and O–H groups in total. The van der Waals surface area contributed by atoms with Crippen molar-refractivity contribution in [2.75, 3.05) is 12.4 Å². The Bertz CT molecular complexity index is 965. The lowest BCUT2D eigenvalue weighted by atomic mass is 9.87. The lowest BCUT2D eigenvalue weighted by Crippen LogP contribution is -2.29. The predicted molar refractivity (Wildman–Crippen MR) is 109 cm³/mol. The molecule has 0 aliphatic carbocycles. The number of halogens is 1. The second kappa shape index (κ2) is 8.60. The summed E-state index contributed by atoms with van der Waals surface area (Å²) in [6.07, 6.45) is 2.07. The van der Waals surface area contributed by atoms with Gasteiger partial charge < -0.3 is 16.2 Å². The van der Waals surface area contributed by atoms with E-state index in [-0.39, 0.29) is 30.3 Å². The molecule has 0 fully saturated rings. The summed E-state index contributed by atoms with van der Waals surface area (Å²) in [5.41, 5.74) is 11.4. The van der Waals surface area contributed by atoms with E-state index in [0.717, 1.165) is 5.75 Å². The van der Waals surface area contributed by atoms with Crippen molar-refractivity contribution in [2.24, 2.45) is 16.5 Å². The molecule has 1 aliphatic rings. The lowest BCUT2D eigenvalue weighted by molar-refractivity contribution is -0.119. The number of Topliss-reactive ketones (excluding diaryl/α,β-unsaturated/α-hetero) is 1. The number of aromatic nitrogens is 1. The number of amidine groups is 1. The van der Waals surface area contributed by atoms with Crippen LogP contribution in [0.4, 0.5) is 4.39 Å². The number of hydrogen-bond acceptors (Lipinski definition) is 7. The zero-order chi connectivity index (χ0) is 21.0. The van der Waals surface area contributed by atoms with Gasteiger partial charge >= 0.3 is 0 Å². The molecule has 1 aromatic heterocycles. The van der Waals surface area contributed by atoms with E-state index in [4.69, 9.17) is 16.2 Å². The van der Waals surface area contributed by atoms with Gasteiger partial charge in [0.15, 0.2) is 17.6 Å². The molecule has 0 unspecified atom stereocenters. The van der Waals surface area contributed by atoms with Gasteiger partial charge in [0.2, 0.25) is 0 Å². The van der Waals surface area contributed by atoms with E-state index in [2.05, 4.69) is 9.98 Å². The molecule has 0 saturated carbocycles. The molecule has 0 radical (unpaired) electrons. The highest BCUT2D eigenvalue weighted by Gasteiger charge is 2.32. The van der Waals surface area contributed by atoms with E-state index in [1.807, 2.05) is 6.92 Å². The zero-order valence-electron chi connectivity index (χ0n) is 15.9. The van der Waals surface area contributed by atoms with Gasteiger partial charge in [0.05, 0.1) is 11.7 Å². The summed E-state index contributed by atoms with van der Waals surface area (Å²) in [6, 6.07) is 7.65. The molecular weight excluding hydrogens is 395 g/mol. The number of aliphatic imine (C=N–C) groups is 1. The molecule has 2 aromatic rings. The number of hydrogen-bond donors (Lipinski definition) is 2. The number of ketones is 1. The molecule has 0 saturated heterocycles. The molecule has 0 bridgehead atoms. The van der Waals surface area contributed by atoms with Gasteiger partial charge in [-0.25, -0.2) is 9.37 Å². The van der Waals surface area contributed by atoms with E-state index in [9.17, 15) is 14.0 Å². The van der Waals surface area contributed by atoms with Gasteiger partial charge in [0.25, 0.3) is 5.91 Å². The standard InChI is InChI=1S/C20H21FN4O3S/c1-20(6-7-29-19(23)25-20)14-8-12(2-4-15(14)21)9-17(26)16-5-3-13(10-24-16)28-11-18(22)27/h2-5,8,10H,6-7,9,11H2,1H3,(H2,22,27)(H2,23,25)/t20-/m0/s1. The number of carbonyl (C=O) groups is 2. The van der Waals surface area contributed by atoms with Crippen molar-refractivity contribution < 1.29 is 18.7 Å². The normalized spacial score (nSPS) is 18.8. The van der Waals surface area contributed by atoms with Crippen molar-refractivity contribution in [1.29, 1.82) is 0 Å². The van der Waals surface area contributed by atoms with Crippen LogP contribution in [0.5, 0.6) is 5.75 Å². The van der Waals surface area contributed by atoms with Crippen LogP contribution in [-0.4, -0.2) is 34.2 Å². The number of benzene rings is 1. The predicted octanol–water partition coefficient (Wildman–Crippen LogP) is 2.18. The SMILES string of the molecule is C[C@@]1(c2cc(CC(=O)c3ccc(OCC(N)=O)cn3)ccc2F)CCSC(N)=N1. The first-order valence-electron chi connectivity index (χ1n) is 8.94. The van der Waals surface area contributed by atoms with Crippen molar-refractivity contribution in [3.05, 3.63) is 59.2 Å². The number of nitrogens with two attached hydrogens (primary N) is 2. The number of carbonyl (C=O) groups excluding carboxylic acids is 2. The van der Waals surface area contributed by atoms with Crippen LogP contribution in [0.3, 0.4) is 0 Å². The number of primary amides is 1. The van der Waals surface area contributed by atoms with Gasteiger partial charge in [-0.3, -0.25) is 14.6 Å². The highest BCUT2D eigenvalue weighted by Crippen LogP contribution is 2.36. The van der Waals surface area contributed by atoms with Crippen LogP contribution in [0, 0.1) is 5.82 Å². The van der Waals surface area contributed by atoms with E-state index in [0.29, 0.717) is 28.5 Å². The maximum atomic E-state index is 14.5. The monoisotopic (exact) mass is 416 g/mol. The second-order valence-corrected chi connectivity index (χ2v) is 7.99. The van der Waals surface area contributed by atoms with Gasteiger partial charge in [-0.15, -0.1) is 0 Å². The number of pyridine rings is 1. The van der Waals surface area contributed by atoms with Gasteiger partial charge in [0, 0.05) is 17.7 Å². The summed E-state index contributed by atoms with van der Waals surface area (Å²) in [5, 5.41) is 0.433. The molecule has 1 aromatic carbocycles. The summed E-state index contributed by atoms with van der Waals surface area (Å²) in [6.45, 7) is 1.58. The van der Waals surface area contributed by atoms with Gasteiger partial charge in [-0.2, -0.15) is 0 Å². The average molecular weight is 416 g/mol. The van der Waals surface area contributed by atoms with E-state index in [1.54, 1.807) is 12.1 Å². The molecule has 3 rings (SSSR count). The highest BCUT2D eigenvalue weighted by atomic mass is 32.2. The Morgan fingerprint density at radius 1 is 1.31 bits per heavy atom. The van der Waals surface area contributed by atoms with Crippen molar-refractivity contribution in [3.63, 3.8) is 0 Å². The molecule has 1 aliphatic heterocycles. The van der Waals surface area contributed by atoms with Crippen molar-refractivity contribution in [2.45, 2.75) is 25.3 Å². The van der Waals surface area contributed by atoms with Crippen LogP contribution in [0.2, 0.25) is 0 Å². The average Bonchev–Trinajstić information content (AvgIpc) is 2.68. The highest BCUT2D eigenvalue weighted by molar-refractivity contribution is 8.13. The second-order valence-electron chi connectivity index (χ2n) is 6.87. The minimum atomic E-state index is -0.754. The van der Waals surface area contributed by atoms with Crippen LogP contribution >= 0.6 is 11.8 Å². The van der Waals surface area contributed by atoms with Crippen molar-refractivity contribution in [1.82, 2.24) is 4.98 Å². The summed E-state index contributed by atoms with van der Waals surface area (Å²) < 4.78 is 19.6. The number of ether oxygens (including phenoxy) is 1. The molecule has 1 amide bonds. The Labute approximate surface area is 171 Å². The van der Waals surface area contributed by atoms with Crippen LogP contribution in [-0.2, 0) is 16.8 Å². The molecule has 7 nitrogen and oxygen atoms in total. The summed E-state index contributed by atoms with van der Waals surface area (Å²) >= 11 is 1.45. The third-order valence-corrected chi connectivity index (χ3v) is 5.37. The van der Waals surface area contributed by atoms with Gasteiger partial charge in [0.1, 0.15) is 17.3 Å². The maximum Gasteiger partial charge on any atom is 0.255 e. The topological polar surface area (TPSA) is 121 Å². The van der Waals surface area contributed by atoms with Gasteiger partial charge in [-0.05, 0) is 43.2 Å².